The molecular weight excluding hydrogens is 511 g/mol. The standard InChI is InChI=1S/C26H26F3N9O/c1-33-12-17-18(30)3-2-4-19(17)37-24-21(23(32)35-13-36-24)22(31)14-5-7-15(8-6-14)25(39)38-20-11-16(9-10-34-20)26(27,28)29/h5-13,19,31H,2-4,30H2,1H3,(H,34,38,39)(H3,32,35,36,37)/t19-/m0/s1. The normalized spacial score (nSPS) is 15.8. The van der Waals surface area contributed by atoms with Gasteiger partial charge in [-0.1, -0.05) is 12.1 Å². The number of amides is 1. The van der Waals surface area contributed by atoms with E-state index >= 15 is 0 Å². The van der Waals surface area contributed by atoms with Gasteiger partial charge in [-0.05, 0) is 43.5 Å². The van der Waals surface area contributed by atoms with E-state index in [1.54, 1.807) is 13.3 Å². The molecule has 0 saturated carbocycles. The van der Waals surface area contributed by atoms with E-state index in [-0.39, 0.29) is 34.5 Å². The molecule has 0 spiro atoms. The second-order valence-corrected chi connectivity index (χ2v) is 8.77. The zero-order valence-corrected chi connectivity index (χ0v) is 20.9. The molecular formula is C26H26F3N9O. The smallest absolute Gasteiger partial charge is 0.402 e. The molecule has 0 aliphatic heterocycles. The van der Waals surface area contributed by atoms with Gasteiger partial charge >= 0.3 is 6.18 Å². The predicted octanol–water partition coefficient (Wildman–Crippen LogP) is 4.02. The van der Waals surface area contributed by atoms with Crippen LogP contribution < -0.4 is 22.1 Å². The lowest BCUT2D eigenvalue weighted by atomic mass is 9.91. The van der Waals surface area contributed by atoms with Crippen molar-refractivity contribution >= 4 is 35.3 Å². The molecule has 0 unspecified atom stereocenters. The number of nitrogens with two attached hydrogens (primary N) is 2. The number of nitrogen functional groups attached to an aromatic ring is 1. The van der Waals surface area contributed by atoms with Crippen molar-refractivity contribution in [3.05, 3.63) is 82.4 Å². The molecule has 1 atom stereocenters. The summed E-state index contributed by atoms with van der Waals surface area (Å²) in [6.07, 6.45) is 1.83. The molecule has 2 heterocycles. The van der Waals surface area contributed by atoms with E-state index in [9.17, 15) is 18.0 Å². The lowest BCUT2D eigenvalue weighted by Gasteiger charge is -2.27. The van der Waals surface area contributed by atoms with E-state index < -0.39 is 17.6 Å². The van der Waals surface area contributed by atoms with Crippen LogP contribution in [0.25, 0.3) is 0 Å². The summed E-state index contributed by atoms with van der Waals surface area (Å²) >= 11 is 0. The van der Waals surface area contributed by atoms with E-state index in [0.717, 1.165) is 48.9 Å². The molecule has 0 bridgehead atoms. The van der Waals surface area contributed by atoms with Crippen LogP contribution in [0.4, 0.5) is 30.6 Å². The van der Waals surface area contributed by atoms with Gasteiger partial charge in [0.05, 0.1) is 22.9 Å². The third kappa shape index (κ3) is 6.20. The van der Waals surface area contributed by atoms with Gasteiger partial charge in [0.1, 0.15) is 23.8 Å². The molecule has 202 valence electrons. The highest BCUT2D eigenvalue weighted by molar-refractivity contribution is 6.16. The number of carbonyl (C=O) groups is 1. The average molecular weight is 538 g/mol. The number of allylic oxidation sites excluding steroid dienone is 1. The molecule has 13 heteroatoms. The molecule has 3 aromatic rings. The van der Waals surface area contributed by atoms with Crippen LogP contribution in [-0.4, -0.2) is 45.9 Å². The lowest BCUT2D eigenvalue weighted by Crippen LogP contribution is -2.30. The minimum Gasteiger partial charge on any atom is -0.402 e. The van der Waals surface area contributed by atoms with Crippen LogP contribution in [0.1, 0.15) is 46.3 Å². The number of anilines is 3. The Kier molecular flexibility index (Phi) is 7.88. The first-order chi connectivity index (χ1) is 18.6. The van der Waals surface area contributed by atoms with Gasteiger partial charge in [-0.3, -0.25) is 15.2 Å². The van der Waals surface area contributed by atoms with Crippen molar-refractivity contribution < 1.29 is 18.0 Å². The van der Waals surface area contributed by atoms with Gasteiger partial charge in [0.2, 0.25) is 0 Å². The number of nitrogens with zero attached hydrogens (tertiary/aromatic N) is 4. The first kappa shape index (κ1) is 27.2. The molecule has 10 nitrogen and oxygen atoms in total. The fourth-order valence-electron chi connectivity index (χ4n) is 4.20. The Balaban J connectivity index is 1.54. The predicted molar refractivity (Wildman–Crippen MR) is 143 cm³/mol. The van der Waals surface area contributed by atoms with E-state index in [2.05, 4.69) is 30.6 Å². The van der Waals surface area contributed by atoms with E-state index in [1.165, 1.54) is 30.6 Å². The number of hydrogen-bond acceptors (Lipinski definition) is 9. The van der Waals surface area contributed by atoms with Crippen LogP contribution in [0.3, 0.4) is 0 Å². The van der Waals surface area contributed by atoms with Crippen LogP contribution in [0, 0.1) is 5.41 Å². The van der Waals surface area contributed by atoms with Crippen LogP contribution in [0.15, 0.2) is 65.2 Å². The molecule has 39 heavy (non-hydrogen) atoms. The fourth-order valence-corrected chi connectivity index (χ4v) is 4.20. The highest BCUT2D eigenvalue weighted by Gasteiger charge is 2.31. The summed E-state index contributed by atoms with van der Waals surface area (Å²) in [6.45, 7) is 0. The van der Waals surface area contributed by atoms with Crippen LogP contribution in [0.2, 0.25) is 0 Å². The Morgan fingerprint density at radius 3 is 2.54 bits per heavy atom. The first-order valence-electron chi connectivity index (χ1n) is 11.9. The molecule has 0 fully saturated rings. The Morgan fingerprint density at radius 1 is 1.13 bits per heavy atom. The molecule has 1 aromatic carbocycles. The van der Waals surface area contributed by atoms with Crippen molar-refractivity contribution in [2.45, 2.75) is 31.5 Å². The van der Waals surface area contributed by atoms with Crippen molar-refractivity contribution in [1.82, 2.24) is 15.0 Å². The van der Waals surface area contributed by atoms with Gasteiger partial charge in [-0.25, -0.2) is 15.0 Å². The minimum absolute atomic E-state index is 0.0144. The number of pyridine rings is 1. The number of carbonyl (C=O) groups excluding carboxylic acids is 1. The van der Waals surface area contributed by atoms with Gasteiger partial charge < -0.3 is 22.1 Å². The maximum Gasteiger partial charge on any atom is 0.416 e. The molecule has 1 amide bonds. The molecule has 1 aliphatic rings. The summed E-state index contributed by atoms with van der Waals surface area (Å²) in [7, 11) is 1.66. The Labute approximate surface area is 222 Å². The lowest BCUT2D eigenvalue weighted by molar-refractivity contribution is -0.137. The van der Waals surface area contributed by atoms with Gasteiger partial charge in [0.15, 0.2) is 0 Å². The molecule has 7 N–H and O–H groups in total. The maximum atomic E-state index is 13.0. The van der Waals surface area contributed by atoms with Gasteiger partial charge in [0, 0.05) is 41.9 Å². The van der Waals surface area contributed by atoms with E-state index in [0.29, 0.717) is 11.4 Å². The second-order valence-electron chi connectivity index (χ2n) is 8.77. The third-order valence-corrected chi connectivity index (χ3v) is 6.16. The minimum atomic E-state index is -4.56. The largest absolute Gasteiger partial charge is 0.416 e. The molecule has 2 aromatic heterocycles. The Hall–Kier alpha value is -4.81. The SMILES string of the molecule is CN=CC1=C(N)CCC[C@@H]1Nc1ncnc(N)c1C(=N)c1ccc(C(=O)Nc2cc(C(F)(F)F)ccn2)cc1. The van der Waals surface area contributed by atoms with Gasteiger partial charge in [0.25, 0.3) is 5.91 Å². The van der Waals surface area contributed by atoms with Crippen molar-refractivity contribution in [3.63, 3.8) is 0 Å². The summed E-state index contributed by atoms with van der Waals surface area (Å²) in [6, 6.07) is 7.33. The second kappa shape index (κ2) is 11.3. The van der Waals surface area contributed by atoms with E-state index in [1.807, 2.05) is 0 Å². The number of nitrogens with one attached hydrogen (secondary N) is 3. The van der Waals surface area contributed by atoms with Crippen molar-refractivity contribution in [2.24, 2.45) is 10.7 Å². The van der Waals surface area contributed by atoms with Crippen molar-refractivity contribution in [1.29, 1.82) is 5.41 Å². The molecule has 4 rings (SSSR count). The number of alkyl halides is 3. The number of aliphatic imine (C=N–C) groups is 1. The molecule has 0 saturated heterocycles. The third-order valence-electron chi connectivity index (χ3n) is 6.16. The summed E-state index contributed by atoms with van der Waals surface area (Å²) in [4.78, 5) is 28.8. The number of benzene rings is 1. The zero-order chi connectivity index (χ0) is 28.2. The number of rotatable bonds is 7. The highest BCUT2D eigenvalue weighted by atomic mass is 19.4. The fraction of sp³-hybridized carbons (Fsp3) is 0.231. The number of aromatic nitrogens is 3. The summed E-state index contributed by atoms with van der Waals surface area (Å²) in [5.41, 5.74) is 13.9. The molecule has 1 aliphatic carbocycles. The van der Waals surface area contributed by atoms with Crippen LogP contribution in [-0.2, 0) is 6.18 Å². The average Bonchev–Trinajstić information content (AvgIpc) is 2.90. The van der Waals surface area contributed by atoms with Gasteiger partial charge in [-0.2, -0.15) is 13.2 Å². The monoisotopic (exact) mass is 537 g/mol. The summed E-state index contributed by atoms with van der Waals surface area (Å²) in [5.74, 6) is -0.446. The van der Waals surface area contributed by atoms with Crippen LogP contribution in [0.5, 0.6) is 0 Å². The van der Waals surface area contributed by atoms with Crippen molar-refractivity contribution in [2.75, 3.05) is 23.4 Å². The topological polar surface area (TPSA) is 168 Å². The number of hydrogen-bond donors (Lipinski definition) is 5. The Morgan fingerprint density at radius 2 is 1.85 bits per heavy atom. The highest BCUT2D eigenvalue weighted by Crippen LogP contribution is 2.30. The zero-order valence-electron chi connectivity index (χ0n) is 20.9. The van der Waals surface area contributed by atoms with Gasteiger partial charge in [-0.15, -0.1) is 0 Å². The Bertz CT molecular complexity index is 1450. The molecule has 0 radical (unpaired) electrons. The summed E-state index contributed by atoms with van der Waals surface area (Å²) in [5, 5.41) is 14.5. The summed E-state index contributed by atoms with van der Waals surface area (Å²) < 4.78 is 38.9. The van der Waals surface area contributed by atoms with Crippen LogP contribution >= 0.6 is 0 Å². The first-order valence-corrected chi connectivity index (χ1v) is 11.9. The quantitative estimate of drug-likeness (QED) is 0.284. The number of halogens is 3. The maximum absolute atomic E-state index is 13.0. The van der Waals surface area contributed by atoms with Crippen molar-refractivity contribution in [3.8, 4) is 0 Å². The van der Waals surface area contributed by atoms with E-state index in [4.69, 9.17) is 16.9 Å².